The monoisotopic (exact) mass is 298 g/mol. The molecule has 1 saturated heterocycles. The van der Waals surface area contributed by atoms with Crippen LogP contribution in [-0.4, -0.2) is 34.9 Å². The fraction of sp³-hybridized carbons (Fsp3) is 0.643. The number of carbonyl (C=O) groups is 1. The van der Waals surface area contributed by atoms with Crippen molar-refractivity contribution in [2.75, 3.05) is 18.8 Å². The van der Waals surface area contributed by atoms with Gasteiger partial charge in [-0.15, -0.1) is 23.1 Å². The molecule has 1 aromatic heterocycles. The highest BCUT2D eigenvalue weighted by Gasteiger charge is 2.30. The van der Waals surface area contributed by atoms with E-state index in [0.29, 0.717) is 23.6 Å². The van der Waals surface area contributed by atoms with E-state index in [1.165, 1.54) is 4.88 Å². The summed E-state index contributed by atoms with van der Waals surface area (Å²) >= 11 is 3.48. The molecule has 2 rings (SSSR count). The lowest BCUT2D eigenvalue weighted by Crippen LogP contribution is -2.32. The summed E-state index contributed by atoms with van der Waals surface area (Å²) in [7, 11) is 0. The Hall–Kier alpha value is -0.520. The van der Waals surface area contributed by atoms with Crippen LogP contribution in [0.2, 0.25) is 0 Å². The van der Waals surface area contributed by atoms with Crippen molar-refractivity contribution in [1.29, 1.82) is 0 Å². The molecule has 2 heterocycles. The first kappa shape index (κ1) is 14.9. The van der Waals surface area contributed by atoms with E-state index in [1.54, 1.807) is 23.1 Å². The second kappa shape index (κ2) is 7.31. The van der Waals surface area contributed by atoms with Crippen LogP contribution in [0.1, 0.15) is 37.1 Å². The Morgan fingerprint density at radius 3 is 3.21 bits per heavy atom. The van der Waals surface area contributed by atoms with Gasteiger partial charge in [-0.3, -0.25) is 4.79 Å². The molecule has 19 heavy (non-hydrogen) atoms. The molecule has 3 nitrogen and oxygen atoms in total. The summed E-state index contributed by atoms with van der Waals surface area (Å²) in [5, 5.41) is 2.56. The number of rotatable bonds is 6. The molecule has 1 aromatic rings. The van der Waals surface area contributed by atoms with Crippen LogP contribution in [0.15, 0.2) is 17.5 Å². The highest BCUT2D eigenvalue weighted by Crippen LogP contribution is 2.34. The fourth-order valence-corrected chi connectivity index (χ4v) is 4.23. The molecule has 2 unspecified atom stereocenters. The van der Waals surface area contributed by atoms with Crippen molar-refractivity contribution in [2.24, 2.45) is 5.73 Å². The van der Waals surface area contributed by atoms with Gasteiger partial charge in [0.2, 0.25) is 5.91 Å². The van der Waals surface area contributed by atoms with Crippen LogP contribution in [0.5, 0.6) is 0 Å². The number of thiophene rings is 1. The SMILES string of the molecule is CC(CCN)SCC(=O)N1CCCC1c1cccs1. The lowest BCUT2D eigenvalue weighted by Gasteiger charge is -2.24. The topological polar surface area (TPSA) is 46.3 Å². The van der Waals surface area contributed by atoms with Crippen molar-refractivity contribution in [1.82, 2.24) is 4.90 Å². The first-order valence-electron chi connectivity index (χ1n) is 6.87. The lowest BCUT2D eigenvalue weighted by molar-refractivity contribution is -0.129. The summed E-state index contributed by atoms with van der Waals surface area (Å²) in [5.41, 5.74) is 5.54. The average Bonchev–Trinajstić information content (AvgIpc) is 3.05. The van der Waals surface area contributed by atoms with Gasteiger partial charge in [0.05, 0.1) is 11.8 Å². The Kier molecular flexibility index (Phi) is 5.73. The van der Waals surface area contributed by atoms with E-state index in [-0.39, 0.29) is 5.91 Å². The van der Waals surface area contributed by atoms with E-state index in [1.807, 2.05) is 0 Å². The predicted octanol–water partition coefficient (Wildman–Crippen LogP) is 2.88. The van der Waals surface area contributed by atoms with E-state index in [0.717, 1.165) is 25.8 Å². The Morgan fingerprint density at radius 2 is 2.53 bits per heavy atom. The van der Waals surface area contributed by atoms with Gasteiger partial charge in [0.15, 0.2) is 0 Å². The van der Waals surface area contributed by atoms with Crippen LogP contribution in [0.25, 0.3) is 0 Å². The van der Waals surface area contributed by atoms with Gasteiger partial charge < -0.3 is 10.6 Å². The minimum absolute atomic E-state index is 0.282. The van der Waals surface area contributed by atoms with Gasteiger partial charge in [0.1, 0.15) is 0 Å². The summed E-state index contributed by atoms with van der Waals surface area (Å²) in [6.45, 7) is 3.75. The highest BCUT2D eigenvalue weighted by molar-refractivity contribution is 8.00. The maximum Gasteiger partial charge on any atom is 0.233 e. The van der Waals surface area contributed by atoms with Crippen molar-refractivity contribution < 1.29 is 4.79 Å². The van der Waals surface area contributed by atoms with Crippen LogP contribution in [0, 0.1) is 0 Å². The number of likely N-dealkylation sites (tertiary alicyclic amines) is 1. The zero-order valence-electron chi connectivity index (χ0n) is 11.4. The third kappa shape index (κ3) is 3.97. The molecule has 0 saturated carbocycles. The maximum absolute atomic E-state index is 12.3. The summed E-state index contributed by atoms with van der Waals surface area (Å²) in [6.07, 6.45) is 3.21. The summed E-state index contributed by atoms with van der Waals surface area (Å²) < 4.78 is 0. The first-order valence-corrected chi connectivity index (χ1v) is 8.79. The van der Waals surface area contributed by atoms with E-state index >= 15 is 0 Å². The molecule has 2 N–H and O–H groups in total. The highest BCUT2D eigenvalue weighted by atomic mass is 32.2. The van der Waals surface area contributed by atoms with Crippen molar-refractivity contribution in [3.05, 3.63) is 22.4 Å². The van der Waals surface area contributed by atoms with Gasteiger partial charge in [-0.2, -0.15) is 0 Å². The normalized spacial score (nSPS) is 20.7. The number of carbonyl (C=O) groups excluding carboxylic acids is 1. The zero-order chi connectivity index (χ0) is 13.7. The van der Waals surface area contributed by atoms with Gasteiger partial charge in [0.25, 0.3) is 0 Å². The number of thioether (sulfide) groups is 1. The van der Waals surface area contributed by atoms with Crippen LogP contribution < -0.4 is 5.73 Å². The number of hydrogen-bond acceptors (Lipinski definition) is 4. The molecule has 0 aliphatic carbocycles. The second-order valence-electron chi connectivity index (χ2n) is 4.96. The van der Waals surface area contributed by atoms with Crippen LogP contribution in [-0.2, 0) is 4.79 Å². The van der Waals surface area contributed by atoms with Crippen LogP contribution in [0.4, 0.5) is 0 Å². The fourth-order valence-electron chi connectivity index (χ4n) is 2.46. The number of nitrogens with two attached hydrogens (primary N) is 1. The van der Waals surface area contributed by atoms with E-state index in [4.69, 9.17) is 5.73 Å². The molecular weight excluding hydrogens is 276 g/mol. The smallest absolute Gasteiger partial charge is 0.233 e. The van der Waals surface area contributed by atoms with E-state index in [9.17, 15) is 4.79 Å². The Bertz CT molecular complexity index is 394. The number of nitrogens with zero attached hydrogens (tertiary/aromatic N) is 1. The quantitative estimate of drug-likeness (QED) is 0.878. The molecule has 1 aliphatic rings. The van der Waals surface area contributed by atoms with Crippen LogP contribution in [0.3, 0.4) is 0 Å². The van der Waals surface area contributed by atoms with Crippen molar-refractivity contribution in [3.8, 4) is 0 Å². The van der Waals surface area contributed by atoms with Gasteiger partial charge in [-0.05, 0) is 37.3 Å². The molecule has 1 amide bonds. The molecule has 1 fully saturated rings. The number of hydrogen-bond donors (Lipinski definition) is 1. The zero-order valence-corrected chi connectivity index (χ0v) is 13.0. The lowest BCUT2D eigenvalue weighted by atomic mass is 10.2. The standard InChI is InChI=1S/C14H22N2OS2/c1-11(6-7-15)19-10-14(17)16-8-2-4-12(16)13-5-3-9-18-13/h3,5,9,11-12H,2,4,6-8,10,15H2,1H3. The molecule has 106 valence electrons. The van der Waals surface area contributed by atoms with Crippen molar-refractivity contribution in [2.45, 2.75) is 37.5 Å². The minimum Gasteiger partial charge on any atom is -0.334 e. The Labute approximate surface area is 123 Å². The molecule has 1 aliphatic heterocycles. The van der Waals surface area contributed by atoms with Crippen molar-refractivity contribution >= 4 is 29.0 Å². The number of amides is 1. The van der Waals surface area contributed by atoms with E-state index in [2.05, 4.69) is 29.3 Å². The predicted molar refractivity (Wildman–Crippen MR) is 83.6 cm³/mol. The van der Waals surface area contributed by atoms with Crippen molar-refractivity contribution in [3.63, 3.8) is 0 Å². The van der Waals surface area contributed by atoms with Gasteiger partial charge in [-0.25, -0.2) is 0 Å². The van der Waals surface area contributed by atoms with Gasteiger partial charge in [-0.1, -0.05) is 13.0 Å². The Morgan fingerprint density at radius 1 is 1.68 bits per heavy atom. The summed E-state index contributed by atoms with van der Waals surface area (Å²) in [5.74, 6) is 0.869. The Balaban J connectivity index is 1.88. The van der Waals surface area contributed by atoms with Gasteiger partial charge in [0, 0.05) is 16.7 Å². The third-order valence-electron chi connectivity index (χ3n) is 3.51. The molecular formula is C14H22N2OS2. The molecule has 0 bridgehead atoms. The first-order chi connectivity index (χ1) is 9.22. The summed E-state index contributed by atoms with van der Waals surface area (Å²) in [4.78, 5) is 15.7. The van der Waals surface area contributed by atoms with Gasteiger partial charge >= 0.3 is 0 Å². The minimum atomic E-state index is 0.282. The average molecular weight is 298 g/mol. The second-order valence-corrected chi connectivity index (χ2v) is 7.37. The summed E-state index contributed by atoms with van der Waals surface area (Å²) in [6, 6.07) is 4.53. The molecule has 0 radical (unpaired) electrons. The molecule has 0 spiro atoms. The van der Waals surface area contributed by atoms with Crippen LogP contribution >= 0.6 is 23.1 Å². The maximum atomic E-state index is 12.3. The largest absolute Gasteiger partial charge is 0.334 e. The van der Waals surface area contributed by atoms with E-state index < -0.39 is 0 Å². The third-order valence-corrected chi connectivity index (χ3v) is 5.70. The molecule has 5 heteroatoms. The molecule has 2 atom stereocenters. The molecule has 0 aromatic carbocycles.